The van der Waals surface area contributed by atoms with Gasteiger partial charge >= 0.3 is 0 Å². The van der Waals surface area contributed by atoms with Crippen molar-refractivity contribution in [2.24, 2.45) is 0 Å². The van der Waals surface area contributed by atoms with Crippen LogP contribution in [0.15, 0.2) is 60.7 Å². The van der Waals surface area contributed by atoms with Crippen LogP contribution in [-0.2, 0) is 4.79 Å². The van der Waals surface area contributed by atoms with E-state index in [1.807, 2.05) is 74.8 Å². The summed E-state index contributed by atoms with van der Waals surface area (Å²) < 4.78 is 1.10. The summed E-state index contributed by atoms with van der Waals surface area (Å²) >= 11 is 1.56. The lowest BCUT2D eigenvalue weighted by atomic mass is 10.2. The highest BCUT2D eigenvalue weighted by Crippen LogP contribution is 2.29. The molecule has 142 valence electrons. The number of halogens is 1. The third-order valence-electron chi connectivity index (χ3n) is 3.98. The van der Waals surface area contributed by atoms with Crippen molar-refractivity contribution in [3.05, 3.63) is 66.2 Å². The van der Waals surface area contributed by atoms with E-state index < -0.39 is 0 Å². The standard InChI is InChI=1S/C21H23N3OS.ClH/c1-23(2)15-8-16-24(20(25)14-13-17-9-4-3-5-10-17)21-22-18-11-6-7-12-19(18)26-21;/h3-7,9-14H,8,15-16H2,1-2H3;1H. The summed E-state index contributed by atoms with van der Waals surface area (Å²) in [6.07, 6.45) is 4.39. The number of carbonyl (C=O) groups excluding carboxylic acids is 1. The molecule has 6 heteroatoms. The first-order valence-corrected chi connectivity index (χ1v) is 9.50. The van der Waals surface area contributed by atoms with Gasteiger partial charge in [0.2, 0.25) is 0 Å². The van der Waals surface area contributed by atoms with Crippen LogP contribution >= 0.6 is 23.7 Å². The van der Waals surface area contributed by atoms with E-state index in [0.717, 1.165) is 33.9 Å². The number of hydrogen-bond acceptors (Lipinski definition) is 4. The molecular weight excluding hydrogens is 378 g/mol. The predicted molar refractivity (Wildman–Crippen MR) is 118 cm³/mol. The maximum atomic E-state index is 12.9. The van der Waals surface area contributed by atoms with Crippen LogP contribution in [0.3, 0.4) is 0 Å². The molecule has 3 rings (SSSR count). The van der Waals surface area contributed by atoms with Crippen molar-refractivity contribution >= 4 is 51.1 Å². The van der Waals surface area contributed by atoms with Crippen LogP contribution in [0, 0.1) is 0 Å². The van der Waals surface area contributed by atoms with Gasteiger partial charge in [-0.1, -0.05) is 53.8 Å². The van der Waals surface area contributed by atoms with Crippen LogP contribution in [-0.4, -0.2) is 43.0 Å². The molecule has 0 unspecified atom stereocenters. The molecular formula is C21H24ClN3OS. The number of amides is 1. The van der Waals surface area contributed by atoms with Crippen molar-refractivity contribution in [2.45, 2.75) is 6.42 Å². The van der Waals surface area contributed by atoms with E-state index in [4.69, 9.17) is 0 Å². The zero-order valence-electron chi connectivity index (χ0n) is 15.5. The lowest BCUT2D eigenvalue weighted by molar-refractivity contribution is -0.114. The average Bonchev–Trinajstić information content (AvgIpc) is 3.07. The van der Waals surface area contributed by atoms with Gasteiger partial charge in [0.25, 0.3) is 5.91 Å². The van der Waals surface area contributed by atoms with Gasteiger partial charge in [0, 0.05) is 12.6 Å². The fraction of sp³-hybridized carbons (Fsp3) is 0.238. The first-order chi connectivity index (χ1) is 12.6. The van der Waals surface area contributed by atoms with Gasteiger partial charge in [0.1, 0.15) is 0 Å². The predicted octanol–water partition coefficient (Wildman–Crippen LogP) is 4.72. The van der Waals surface area contributed by atoms with Crippen molar-refractivity contribution in [3.63, 3.8) is 0 Å². The molecule has 0 aliphatic rings. The second-order valence-corrected chi connectivity index (χ2v) is 7.36. The zero-order valence-corrected chi connectivity index (χ0v) is 17.2. The minimum atomic E-state index is -0.0355. The van der Waals surface area contributed by atoms with Crippen molar-refractivity contribution < 1.29 is 4.79 Å². The summed E-state index contributed by atoms with van der Waals surface area (Å²) in [5.74, 6) is -0.0355. The molecule has 1 amide bonds. The summed E-state index contributed by atoms with van der Waals surface area (Å²) in [5, 5.41) is 0.757. The van der Waals surface area contributed by atoms with Crippen LogP contribution in [0.1, 0.15) is 12.0 Å². The average molecular weight is 402 g/mol. The monoisotopic (exact) mass is 401 g/mol. The van der Waals surface area contributed by atoms with Crippen LogP contribution in [0.2, 0.25) is 0 Å². The molecule has 0 saturated carbocycles. The van der Waals surface area contributed by atoms with Gasteiger partial charge in [0.05, 0.1) is 10.2 Å². The zero-order chi connectivity index (χ0) is 18.4. The molecule has 2 aromatic carbocycles. The molecule has 3 aromatic rings. The first kappa shape index (κ1) is 21.1. The summed E-state index contributed by atoms with van der Waals surface area (Å²) in [5.41, 5.74) is 1.95. The van der Waals surface area contributed by atoms with Gasteiger partial charge in [-0.25, -0.2) is 4.98 Å². The Morgan fingerprint density at radius 1 is 1.04 bits per heavy atom. The van der Waals surface area contributed by atoms with Crippen LogP contribution in [0.5, 0.6) is 0 Å². The van der Waals surface area contributed by atoms with E-state index in [1.54, 1.807) is 22.3 Å². The lowest BCUT2D eigenvalue weighted by Crippen LogP contribution is -2.32. The molecule has 0 fully saturated rings. The smallest absolute Gasteiger partial charge is 0.252 e. The van der Waals surface area contributed by atoms with Crippen molar-refractivity contribution in [1.29, 1.82) is 0 Å². The summed E-state index contributed by atoms with van der Waals surface area (Å²) in [7, 11) is 4.08. The normalized spacial score (nSPS) is 11.1. The number of rotatable bonds is 7. The SMILES string of the molecule is CN(C)CCCN(C(=O)C=Cc1ccccc1)c1nc2ccccc2s1.Cl. The highest BCUT2D eigenvalue weighted by atomic mass is 35.5. The number of carbonyl (C=O) groups is 1. The number of benzene rings is 2. The van der Waals surface area contributed by atoms with E-state index in [0.29, 0.717) is 6.54 Å². The largest absolute Gasteiger partial charge is 0.309 e. The molecule has 1 aromatic heterocycles. The fourth-order valence-electron chi connectivity index (χ4n) is 2.64. The topological polar surface area (TPSA) is 36.4 Å². The van der Waals surface area contributed by atoms with E-state index >= 15 is 0 Å². The van der Waals surface area contributed by atoms with Gasteiger partial charge in [-0.15, -0.1) is 12.4 Å². The van der Waals surface area contributed by atoms with Crippen molar-refractivity contribution in [2.75, 3.05) is 32.1 Å². The Balaban J connectivity index is 0.00000261. The van der Waals surface area contributed by atoms with Crippen LogP contribution in [0.25, 0.3) is 16.3 Å². The molecule has 0 saturated heterocycles. The highest BCUT2D eigenvalue weighted by Gasteiger charge is 2.17. The Morgan fingerprint density at radius 2 is 1.74 bits per heavy atom. The molecule has 4 nitrogen and oxygen atoms in total. The Labute approximate surface area is 170 Å². The molecule has 0 radical (unpaired) electrons. The summed E-state index contributed by atoms with van der Waals surface area (Å²) in [6, 6.07) is 17.9. The number of thiazole rings is 1. The molecule has 27 heavy (non-hydrogen) atoms. The fourth-order valence-corrected chi connectivity index (χ4v) is 3.64. The number of para-hydroxylation sites is 1. The van der Waals surface area contributed by atoms with Crippen molar-refractivity contribution in [1.82, 2.24) is 9.88 Å². The maximum absolute atomic E-state index is 12.9. The molecule has 0 atom stereocenters. The van der Waals surface area contributed by atoms with Crippen LogP contribution in [0.4, 0.5) is 5.13 Å². The Morgan fingerprint density at radius 3 is 2.44 bits per heavy atom. The van der Waals surface area contributed by atoms with E-state index in [2.05, 4.69) is 9.88 Å². The van der Waals surface area contributed by atoms with E-state index in [-0.39, 0.29) is 18.3 Å². The minimum absolute atomic E-state index is 0. The Kier molecular flexibility index (Phi) is 7.98. The summed E-state index contributed by atoms with van der Waals surface area (Å²) in [6.45, 7) is 1.58. The number of fused-ring (bicyclic) bond motifs is 1. The van der Waals surface area contributed by atoms with Gasteiger partial charge in [-0.3, -0.25) is 9.69 Å². The van der Waals surface area contributed by atoms with Gasteiger partial charge in [-0.2, -0.15) is 0 Å². The summed E-state index contributed by atoms with van der Waals surface area (Å²) in [4.78, 5) is 21.4. The maximum Gasteiger partial charge on any atom is 0.252 e. The molecule has 0 bridgehead atoms. The molecule has 0 aliphatic heterocycles. The minimum Gasteiger partial charge on any atom is -0.309 e. The van der Waals surface area contributed by atoms with E-state index in [1.165, 1.54) is 0 Å². The lowest BCUT2D eigenvalue weighted by Gasteiger charge is -2.19. The van der Waals surface area contributed by atoms with Gasteiger partial charge in [0.15, 0.2) is 5.13 Å². The Hall–Kier alpha value is -2.21. The second-order valence-electron chi connectivity index (χ2n) is 6.35. The van der Waals surface area contributed by atoms with Crippen LogP contribution < -0.4 is 4.90 Å². The second kappa shape index (κ2) is 10.2. The third kappa shape index (κ3) is 5.89. The number of aromatic nitrogens is 1. The molecule has 0 N–H and O–H groups in total. The van der Waals surface area contributed by atoms with Gasteiger partial charge in [-0.05, 0) is 50.8 Å². The van der Waals surface area contributed by atoms with Crippen molar-refractivity contribution in [3.8, 4) is 0 Å². The number of nitrogens with zero attached hydrogens (tertiary/aromatic N) is 3. The first-order valence-electron chi connectivity index (χ1n) is 8.68. The highest BCUT2D eigenvalue weighted by molar-refractivity contribution is 7.22. The molecule has 1 heterocycles. The van der Waals surface area contributed by atoms with Gasteiger partial charge < -0.3 is 4.90 Å². The third-order valence-corrected chi connectivity index (χ3v) is 5.04. The molecule has 0 spiro atoms. The number of hydrogen-bond donors (Lipinski definition) is 0. The number of anilines is 1. The quantitative estimate of drug-likeness (QED) is 0.537. The van der Waals surface area contributed by atoms with E-state index in [9.17, 15) is 4.79 Å². The Bertz CT molecular complexity index is 860. The molecule has 0 aliphatic carbocycles.